The molecule has 1 heterocycles. The van der Waals surface area contributed by atoms with Crippen LogP contribution in [0.25, 0.3) is 43.8 Å². The summed E-state index contributed by atoms with van der Waals surface area (Å²) in [4.78, 5) is 2.37. The molecular weight excluding hydrogens is 607 g/mol. The molecule has 2 aliphatic rings. The van der Waals surface area contributed by atoms with E-state index in [0.717, 1.165) is 45.4 Å². The maximum Gasteiger partial charge on any atom is 0.137 e. The van der Waals surface area contributed by atoms with Crippen LogP contribution in [0.3, 0.4) is 0 Å². The lowest BCUT2D eigenvalue weighted by Gasteiger charge is -2.38. The fourth-order valence-electron chi connectivity index (χ4n) is 8.76. The Morgan fingerprint density at radius 2 is 1.26 bits per heavy atom. The van der Waals surface area contributed by atoms with Crippen molar-refractivity contribution in [3.63, 3.8) is 0 Å². The monoisotopic (exact) mass is 641 g/mol. The van der Waals surface area contributed by atoms with Gasteiger partial charge in [-0.1, -0.05) is 140 Å². The van der Waals surface area contributed by atoms with E-state index in [9.17, 15) is 0 Å². The number of para-hydroxylation sites is 2. The van der Waals surface area contributed by atoms with E-state index < -0.39 is 5.41 Å². The van der Waals surface area contributed by atoms with Gasteiger partial charge >= 0.3 is 0 Å². The quantitative estimate of drug-likeness (QED) is 0.186. The third-order valence-electron chi connectivity index (χ3n) is 10.9. The predicted octanol–water partition coefficient (Wildman–Crippen LogP) is 13.0. The van der Waals surface area contributed by atoms with E-state index in [-0.39, 0.29) is 0 Å². The number of allylic oxidation sites excluding steroid dienone is 4. The van der Waals surface area contributed by atoms with Gasteiger partial charge in [0.1, 0.15) is 11.2 Å². The number of hydrogen-bond donors (Lipinski definition) is 0. The zero-order valence-corrected chi connectivity index (χ0v) is 27.9. The Kier molecular flexibility index (Phi) is 6.47. The molecule has 0 radical (unpaired) electrons. The zero-order chi connectivity index (χ0) is 33.2. The number of furan rings is 1. The van der Waals surface area contributed by atoms with E-state index in [1.807, 2.05) is 12.1 Å². The van der Waals surface area contributed by atoms with Crippen LogP contribution in [0.4, 0.5) is 17.1 Å². The van der Waals surface area contributed by atoms with E-state index in [0.29, 0.717) is 5.92 Å². The van der Waals surface area contributed by atoms with E-state index in [4.69, 9.17) is 4.42 Å². The van der Waals surface area contributed by atoms with Gasteiger partial charge in [-0.2, -0.15) is 0 Å². The van der Waals surface area contributed by atoms with Crippen LogP contribution in [0, 0.1) is 5.92 Å². The summed E-state index contributed by atoms with van der Waals surface area (Å²) in [5.74, 6) is 0.463. The summed E-state index contributed by atoms with van der Waals surface area (Å²) in [6.07, 6.45) is 7.99. The maximum absolute atomic E-state index is 6.40. The first-order valence-corrected chi connectivity index (χ1v) is 17.6. The van der Waals surface area contributed by atoms with Gasteiger partial charge in [0.25, 0.3) is 0 Å². The van der Waals surface area contributed by atoms with Gasteiger partial charge in [-0.25, -0.2) is 0 Å². The lowest BCUT2D eigenvalue weighted by atomic mass is 9.64. The highest BCUT2D eigenvalue weighted by Crippen LogP contribution is 2.60. The van der Waals surface area contributed by atoms with Crippen molar-refractivity contribution in [2.75, 3.05) is 4.90 Å². The Labute approximate surface area is 292 Å². The summed E-state index contributed by atoms with van der Waals surface area (Å²) in [6.45, 7) is 2.33. The molecule has 50 heavy (non-hydrogen) atoms. The molecule has 0 aliphatic heterocycles. The van der Waals surface area contributed by atoms with Gasteiger partial charge in [-0.15, -0.1) is 0 Å². The SMILES string of the molecule is CC1C=CC=C(C2(c3ccccc3)c3ccc(N(c4ccccc4)c4ccc5c(c4)oc4ccccc45)cc3-c3c2ccc2ccccc32)C1. The van der Waals surface area contributed by atoms with Gasteiger partial charge in [0, 0.05) is 33.9 Å². The molecular formula is C48H35NO. The van der Waals surface area contributed by atoms with Crippen molar-refractivity contribution >= 4 is 49.8 Å². The second-order valence-electron chi connectivity index (χ2n) is 13.8. The average molecular weight is 642 g/mol. The molecule has 0 saturated heterocycles. The Balaban J connectivity index is 1.26. The van der Waals surface area contributed by atoms with Crippen LogP contribution in [-0.2, 0) is 5.41 Å². The van der Waals surface area contributed by atoms with E-state index in [2.05, 4.69) is 176 Å². The standard InChI is InChI=1S/C48H35NO/c1-32-13-12-17-35(29-32)48(34-15-4-2-5-16-34)43-28-25-37(30-42(43)47-39-20-9-8-14-33(39)23-27-44(47)48)49(36-18-6-3-7-19-36)38-24-26-41-40-21-10-11-22-45(40)50-46(41)31-38/h2-28,30-32H,29H2,1H3. The third kappa shape index (κ3) is 4.21. The summed E-state index contributed by atoms with van der Waals surface area (Å²) < 4.78 is 6.40. The van der Waals surface area contributed by atoms with Gasteiger partial charge in [-0.3, -0.25) is 0 Å². The average Bonchev–Trinajstić information content (AvgIpc) is 3.69. The smallest absolute Gasteiger partial charge is 0.137 e. The molecule has 0 fully saturated rings. The first-order valence-electron chi connectivity index (χ1n) is 17.6. The lowest BCUT2D eigenvalue weighted by molar-refractivity contribution is 0.615. The number of hydrogen-bond acceptors (Lipinski definition) is 2. The number of nitrogens with zero attached hydrogens (tertiary/aromatic N) is 1. The molecule has 2 atom stereocenters. The summed E-state index contributed by atoms with van der Waals surface area (Å²) in [6, 6.07) is 57.5. The van der Waals surface area contributed by atoms with Crippen molar-refractivity contribution in [2.24, 2.45) is 5.92 Å². The maximum atomic E-state index is 6.40. The summed E-state index contributed by atoms with van der Waals surface area (Å²) in [5.41, 5.74) is 12.7. The normalized spacial score (nSPS) is 17.9. The van der Waals surface area contributed by atoms with Crippen LogP contribution in [-0.4, -0.2) is 0 Å². The molecule has 8 aromatic rings. The highest BCUT2D eigenvalue weighted by molar-refractivity contribution is 6.07. The molecule has 238 valence electrons. The highest BCUT2D eigenvalue weighted by atomic mass is 16.3. The van der Waals surface area contributed by atoms with Crippen molar-refractivity contribution < 1.29 is 4.42 Å². The fraction of sp³-hybridized carbons (Fsp3) is 0.0833. The van der Waals surface area contributed by atoms with Gasteiger partial charge < -0.3 is 9.32 Å². The molecule has 1 aromatic heterocycles. The Hall–Kier alpha value is -6.12. The van der Waals surface area contributed by atoms with Crippen molar-refractivity contribution in [3.8, 4) is 11.1 Å². The minimum Gasteiger partial charge on any atom is -0.456 e. The Morgan fingerprint density at radius 3 is 2.10 bits per heavy atom. The fourth-order valence-corrected chi connectivity index (χ4v) is 8.76. The van der Waals surface area contributed by atoms with E-state index in [1.54, 1.807) is 0 Å². The number of rotatable bonds is 5. The molecule has 0 saturated carbocycles. The van der Waals surface area contributed by atoms with Crippen LogP contribution < -0.4 is 4.90 Å². The number of benzene rings is 7. The number of anilines is 3. The van der Waals surface area contributed by atoms with Crippen molar-refractivity contribution in [3.05, 3.63) is 198 Å². The minimum atomic E-state index is -0.404. The van der Waals surface area contributed by atoms with Crippen molar-refractivity contribution in [1.82, 2.24) is 0 Å². The Morgan fingerprint density at radius 1 is 0.580 bits per heavy atom. The van der Waals surface area contributed by atoms with Gasteiger partial charge in [-0.05, 0) is 93.4 Å². The van der Waals surface area contributed by atoms with Crippen molar-refractivity contribution in [2.45, 2.75) is 18.8 Å². The number of fused-ring (bicyclic) bond motifs is 8. The summed E-state index contributed by atoms with van der Waals surface area (Å²) in [5, 5.41) is 4.81. The van der Waals surface area contributed by atoms with Gasteiger partial charge in [0.15, 0.2) is 0 Å². The van der Waals surface area contributed by atoms with E-state index in [1.165, 1.54) is 44.2 Å². The first-order chi connectivity index (χ1) is 24.7. The van der Waals surface area contributed by atoms with Crippen LogP contribution in [0.1, 0.15) is 30.0 Å². The molecule has 2 heteroatoms. The third-order valence-corrected chi connectivity index (χ3v) is 10.9. The second-order valence-corrected chi connectivity index (χ2v) is 13.8. The molecule has 7 aromatic carbocycles. The first kappa shape index (κ1) is 28.9. The topological polar surface area (TPSA) is 16.4 Å². The molecule has 2 unspecified atom stereocenters. The predicted molar refractivity (Wildman–Crippen MR) is 209 cm³/mol. The molecule has 2 nitrogen and oxygen atoms in total. The molecule has 0 spiro atoms. The van der Waals surface area contributed by atoms with Crippen LogP contribution in [0.15, 0.2) is 186 Å². The summed E-state index contributed by atoms with van der Waals surface area (Å²) >= 11 is 0. The van der Waals surface area contributed by atoms with Gasteiger partial charge in [0.05, 0.1) is 5.41 Å². The van der Waals surface area contributed by atoms with Crippen LogP contribution >= 0.6 is 0 Å². The minimum absolute atomic E-state index is 0.404. The van der Waals surface area contributed by atoms with Crippen LogP contribution in [0.2, 0.25) is 0 Å². The second kappa shape index (κ2) is 11.2. The lowest BCUT2D eigenvalue weighted by Crippen LogP contribution is -2.31. The highest BCUT2D eigenvalue weighted by Gasteiger charge is 2.48. The van der Waals surface area contributed by atoms with Crippen molar-refractivity contribution in [1.29, 1.82) is 0 Å². The van der Waals surface area contributed by atoms with Gasteiger partial charge in [0.2, 0.25) is 0 Å². The molecule has 0 bridgehead atoms. The summed E-state index contributed by atoms with van der Waals surface area (Å²) in [7, 11) is 0. The molecule has 0 N–H and O–H groups in total. The Bertz CT molecular complexity index is 2650. The zero-order valence-electron chi connectivity index (χ0n) is 27.9. The molecule has 0 amide bonds. The molecule has 10 rings (SSSR count). The van der Waals surface area contributed by atoms with Crippen LogP contribution in [0.5, 0.6) is 0 Å². The molecule has 2 aliphatic carbocycles. The largest absolute Gasteiger partial charge is 0.456 e. The van der Waals surface area contributed by atoms with E-state index >= 15 is 0 Å².